The van der Waals surface area contributed by atoms with Crippen molar-refractivity contribution >= 4 is 47.2 Å². The van der Waals surface area contributed by atoms with Crippen molar-refractivity contribution in [2.24, 2.45) is 4.99 Å². The van der Waals surface area contributed by atoms with Crippen LogP contribution < -0.4 is 15.5 Å². The number of rotatable bonds is 5. The zero-order valence-corrected chi connectivity index (χ0v) is 19.5. The predicted molar refractivity (Wildman–Crippen MR) is 135 cm³/mol. The third-order valence-electron chi connectivity index (χ3n) is 4.72. The average molecular weight is 517 g/mol. The molecule has 0 radical (unpaired) electrons. The Balaban J connectivity index is 0.00000320. The summed E-state index contributed by atoms with van der Waals surface area (Å²) in [6, 6.07) is 17.7. The number of carbonyl (C=O) groups is 1. The fourth-order valence-corrected chi connectivity index (χ4v) is 3.28. The summed E-state index contributed by atoms with van der Waals surface area (Å²) in [6.07, 6.45) is 5.41. The maximum absolute atomic E-state index is 12.3. The Bertz CT molecular complexity index is 886. The van der Waals surface area contributed by atoms with E-state index in [-0.39, 0.29) is 36.4 Å². The standard InChI is InChI=1S/C23H27N5O.HI/c1-3-19-9-8-10-20(17-19)26-22(29)18-25-23(24-4-2)28-15-13-27(14-16-28)21-11-6-5-7-12-21;/h1,5-12,17H,4,13-16,18H2,2H3,(H,24,25)(H,26,29);1H. The molecule has 2 N–H and O–H groups in total. The fraction of sp³-hybridized carbons (Fsp3) is 0.304. The zero-order chi connectivity index (χ0) is 20.5. The average Bonchev–Trinajstić information content (AvgIpc) is 2.77. The predicted octanol–water partition coefficient (Wildman–Crippen LogP) is 3.01. The number of para-hydroxylation sites is 1. The second-order valence-electron chi connectivity index (χ2n) is 6.75. The van der Waals surface area contributed by atoms with Crippen molar-refractivity contribution in [3.63, 3.8) is 0 Å². The second-order valence-corrected chi connectivity index (χ2v) is 6.75. The number of nitrogens with zero attached hydrogens (tertiary/aromatic N) is 3. The number of anilines is 2. The van der Waals surface area contributed by atoms with Crippen molar-refractivity contribution in [3.05, 3.63) is 60.2 Å². The summed E-state index contributed by atoms with van der Waals surface area (Å²) in [5.74, 6) is 3.17. The van der Waals surface area contributed by atoms with Gasteiger partial charge in [-0.1, -0.05) is 30.2 Å². The Morgan fingerprint density at radius 1 is 1.10 bits per heavy atom. The molecule has 0 aliphatic carbocycles. The molecule has 6 nitrogen and oxygen atoms in total. The number of aliphatic imine (C=N–C) groups is 1. The first-order chi connectivity index (χ1) is 14.2. The van der Waals surface area contributed by atoms with Gasteiger partial charge in [0, 0.05) is 49.7 Å². The molecular formula is C23H28IN5O. The smallest absolute Gasteiger partial charge is 0.246 e. The van der Waals surface area contributed by atoms with Crippen LogP contribution in [0.2, 0.25) is 0 Å². The number of benzene rings is 2. The number of nitrogens with one attached hydrogen (secondary N) is 2. The Morgan fingerprint density at radius 2 is 1.83 bits per heavy atom. The van der Waals surface area contributed by atoms with E-state index in [9.17, 15) is 4.79 Å². The molecule has 0 spiro atoms. The maximum atomic E-state index is 12.3. The van der Waals surface area contributed by atoms with E-state index in [4.69, 9.17) is 6.42 Å². The van der Waals surface area contributed by atoms with E-state index < -0.39 is 0 Å². The van der Waals surface area contributed by atoms with Crippen LogP contribution in [0, 0.1) is 12.3 Å². The number of piperazine rings is 1. The van der Waals surface area contributed by atoms with Crippen molar-refractivity contribution in [2.75, 3.05) is 49.5 Å². The highest BCUT2D eigenvalue weighted by molar-refractivity contribution is 14.0. The number of amides is 1. The topological polar surface area (TPSA) is 60.0 Å². The minimum absolute atomic E-state index is 0. The van der Waals surface area contributed by atoms with E-state index in [1.807, 2.05) is 31.2 Å². The Labute approximate surface area is 195 Å². The van der Waals surface area contributed by atoms with Crippen LogP contribution in [0.4, 0.5) is 11.4 Å². The molecule has 1 aliphatic heterocycles. The summed E-state index contributed by atoms with van der Waals surface area (Å²) >= 11 is 0. The monoisotopic (exact) mass is 517 g/mol. The minimum atomic E-state index is -0.169. The molecule has 7 heteroatoms. The SMILES string of the molecule is C#Cc1cccc(NC(=O)CN=C(NCC)N2CCN(c3ccccc3)CC2)c1.I. The van der Waals surface area contributed by atoms with Crippen molar-refractivity contribution in [1.29, 1.82) is 0 Å². The third kappa shape index (κ3) is 6.66. The van der Waals surface area contributed by atoms with Crippen molar-refractivity contribution in [1.82, 2.24) is 10.2 Å². The van der Waals surface area contributed by atoms with Gasteiger partial charge in [-0.15, -0.1) is 30.4 Å². The molecule has 1 fully saturated rings. The summed E-state index contributed by atoms with van der Waals surface area (Å²) in [4.78, 5) is 21.4. The van der Waals surface area contributed by atoms with Gasteiger partial charge in [-0.25, -0.2) is 4.99 Å². The van der Waals surface area contributed by atoms with E-state index in [0.29, 0.717) is 5.69 Å². The van der Waals surface area contributed by atoms with E-state index in [1.165, 1.54) is 5.69 Å². The van der Waals surface area contributed by atoms with Gasteiger partial charge in [0.2, 0.25) is 5.91 Å². The molecule has 1 amide bonds. The molecule has 0 saturated carbocycles. The zero-order valence-electron chi connectivity index (χ0n) is 17.2. The molecule has 1 aliphatic rings. The summed E-state index contributed by atoms with van der Waals surface area (Å²) in [5.41, 5.74) is 2.65. The van der Waals surface area contributed by atoms with Crippen LogP contribution in [0.3, 0.4) is 0 Å². The van der Waals surface area contributed by atoms with Crippen LogP contribution in [-0.2, 0) is 4.79 Å². The first kappa shape index (κ1) is 23.5. The Morgan fingerprint density at radius 3 is 2.50 bits per heavy atom. The van der Waals surface area contributed by atoms with Gasteiger partial charge in [0.25, 0.3) is 0 Å². The number of hydrogen-bond donors (Lipinski definition) is 2. The lowest BCUT2D eigenvalue weighted by Crippen LogP contribution is -2.52. The van der Waals surface area contributed by atoms with E-state index in [2.05, 4.69) is 55.6 Å². The van der Waals surface area contributed by atoms with Crippen LogP contribution in [0.15, 0.2) is 59.6 Å². The first-order valence-corrected chi connectivity index (χ1v) is 9.89. The van der Waals surface area contributed by atoms with Gasteiger partial charge in [-0.3, -0.25) is 4.79 Å². The highest BCUT2D eigenvalue weighted by Crippen LogP contribution is 2.15. The van der Waals surface area contributed by atoms with Gasteiger partial charge < -0.3 is 20.4 Å². The molecule has 0 bridgehead atoms. The quantitative estimate of drug-likeness (QED) is 0.277. The number of carbonyl (C=O) groups excluding carboxylic acids is 1. The Hall–Kier alpha value is -2.73. The Kier molecular flexibility index (Phi) is 9.48. The van der Waals surface area contributed by atoms with Crippen LogP contribution in [-0.4, -0.2) is 56.0 Å². The first-order valence-electron chi connectivity index (χ1n) is 9.89. The van der Waals surface area contributed by atoms with Gasteiger partial charge in [0.15, 0.2) is 5.96 Å². The number of halogens is 1. The van der Waals surface area contributed by atoms with E-state index in [0.717, 1.165) is 44.2 Å². The number of hydrogen-bond acceptors (Lipinski definition) is 3. The van der Waals surface area contributed by atoms with Crippen LogP contribution in [0.25, 0.3) is 0 Å². The number of terminal acetylenes is 1. The normalized spacial score (nSPS) is 13.8. The molecule has 3 rings (SSSR count). The van der Waals surface area contributed by atoms with Gasteiger partial charge in [0.05, 0.1) is 0 Å². The van der Waals surface area contributed by atoms with Gasteiger partial charge >= 0.3 is 0 Å². The lowest BCUT2D eigenvalue weighted by atomic mass is 10.2. The third-order valence-corrected chi connectivity index (χ3v) is 4.72. The molecular weight excluding hydrogens is 489 g/mol. The van der Waals surface area contributed by atoms with Crippen molar-refractivity contribution in [2.45, 2.75) is 6.92 Å². The highest BCUT2D eigenvalue weighted by Gasteiger charge is 2.20. The summed E-state index contributed by atoms with van der Waals surface area (Å²) in [5, 5.41) is 6.14. The molecule has 2 aromatic rings. The molecule has 158 valence electrons. The van der Waals surface area contributed by atoms with Crippen molar-refractivity contribution in [3.8, 4) is 12.3 Å². The summed E-state index contributed by atoms with van der Waals surface area (Å²) in [6.45, 7) is 6.38. The molecule has 0 aromatic heterocycles. The molecule has 2 aromatic carbocycles. The van der Waals surface area contributed by atoms with Crippen LogP contribution in [0.5, 0.6) is 0 Å². The lowest BCUT2D eigenvalue weighted by Gasteiger charge is -2.37. The maximum Gasteiger partial charge on any atom is 0.246 e. The summed E-state index contributed by atoms with van der Waals surface area (Å²) in [7, 11) is 0. The minimum Gasteiger partial charge on any atom is -0.368 e. The second kappa shape index (κ2) is 12.1. The molecule has 0 unspecified atom stereocenters. The van der Waals surface area contributed by atoms with Crippen LogP contribution >= 0.6 is 24.0 Å². The van der Waals surface area contributed by atoms with Gasteiger partial charge in [-0.05, 0) is 37.3 Å². The van der Waals surface area contributed by atoms with Crippen molar-refractivity contribution < 1.29 is 4.79 Å². The molecule has 1 saturated heterocycles. The fourth-order valence-electron chi connectivity index (χ4n) is 3.28. The van der Waals surface area contributed by atoms with E-state index >= 15 is 0 Å². The highest BCUT2D eigenvalue weighted by atomic mass is 127. The lowest BCUT2D eigenvalue weighted by molar-refractivity contribution is -0.114. The van der Waals surface area contributed by atoms with Crippen LogP contribution in [0.1, 0.15) is 12.5 Å². The van der Waals surface area contributed by atoms with E-state index in [1.54, 1.807) is 6.07 Å². The molecule has 0 atom stereocenters. The summed E-state index contributed by atoms with van der Waals surface area (Å²) < 4.78 is 0. The molecule has 30 heavy (non-hydrogen) atoms. The van der Waals surface area contributed by atoms with Gasteiger partial charge in [0.1, 0.15) is 6.54 Å². The number of guanidine groups is 1. The molecule has 1 heterocycles. The largest absolute Gasteiger partial charge is 0.368 e. The van der Waals surface area contributed by atoms with Gasteiger partial charge in [-0.2, -0.15) is 0 Å².